The van der Waals surface area contributed by atoms with Gasteiger partial charge in [0.15, 0.2) is 0 Å². The minimum atomic E-state index is -0.325. The number of hydrogen-bond donors (Lipinski definition) is 1. The van der Waals surface area contributed by atoms with E-state index < -0.39 is 0 Å². The fourth-order valence-corrected chi connectivity index (χ4v) is 1.69. The highest BCUT2D eigenvalue weighted by atomic mass is 16.5. The fraction of sp³-hybridized carbons (Fsp3) is 0.900. The van der Waals surface area contributed by atoms with Crippen LogP contribution in [0.4, 0.5) is 0 Å². The third-order valence-corrected chi connectivity index (χ3v) is 2.71. The van der Waals surface area contributed by atoms with Gasteiger partial charge in [-0.3, -0.25) is 4.79 Å². The van der Waals surface area contributed by atoms with E-state index in [4.69, 9.17) is 10.5 Å². The molecule has 1 aliphatic rings. The molecule has 0 aliphatic heterocycles. The van der Waals surface area contributed by atoms with E-state index in [0.717, 1.165) is 19.4 Å². The van der Waals surface area contributed by atoms with E-state index in [1.54, 1.807) is 25.9 Å². The lowest BCUT2D eigenvalue weighted by atomic mass is 9.82. The highest BCUT2D eigenvalue weighted by Crippen LogP contribution is 2.29. The molecule has 1 aliphatic carbocycles. The van der Waals surface area contributed by atoms with Crippen LogP contribution in [-0.2, 0) is 9.53 Å². The average Bonchev–Trinajstić information content (AvgIpc) is 2.08. The van der Waals surface area contributed by atoms with E-state index >= 15 is 0 Å². The van der Waals surface area contributed by atoms with Crippen LogP contribution in [0.15, 0.2) is 0 Å². The molecule has 1 unspecified atom stereocenters. The molecule has 0 saturated heterocycles. The van der Waals surface area contributed by atoms with Gasteiger partial charge in [0.25, 0.3) is 5.91 Å². The maximum Gasteiger partial charge on any atom is 0.250 e. The molecule has 1 atom stereocenters. The number of ether oxygens (including phenoxy) is 1. The normalized spacial score (nSPS) is 28.0. The molecule has 2 N–H and O–H groups in total. The zero-order valence-corrected chi connectivity index (χ0v) is 9.19. The average molecular weight is 200 g/mol. The summed E-state index contributed by atoms with van der Waals surface area (Å²) in [5.41, 5.74) is 5.50. The first-order chi connectivity index (χ1) is 6.54. The summed E-state index contributed by atoms with van der Waals surface area (Å²) < 4.78 is 5.59. The van der Waals surface area contributed by atoms with Crippen LogP contribution in [0.2, 0.25) is 0 Å². The number of carbonyl (C=O) groups is 1. The van der Waals surface area contributed by atoms with Gasteiger partial charge < -0.3 is 15.4 Å². The van der Waals surface area contributed by atoms with E-state index in [-0.39, 0.29) is 18.1 Å². The Bertz CT molecular complexity index is 200. The lowest BCUT2D eigenvalue weighted by molar-refractivity contribution is -0.149. The van der Waals surface area contributed by atoms with Gasteiger partial charge in [-0.05, 0) is 32.2 Å². The summed E-state index contributed by atoms with van der Waals surface area (Å²) >= 11 is 0. The Morgan fingerprint density at radius 2 is 2.14 bits per heavy atom. The second-order valence-corrected chi connectivity index (χ2v) is 4.21. The van der Waals surface area contributed by atoms with E-state index in [2.05, 4.69) is 0 Å². The third-order valence-electron chi connectivity index (χ3n) is 2.71. The van der Waals surface area contributed by atoms with Crippen LogP contribution in [0.1, 0.15) is 19.8 Å². The number of amides is 1. The van der Waals surface area contributed by atoms with Crippen molar-refractivity contribution in [2.75, 3.05) is 20.6 Å². The molecule has 1 amide bonds. The van der Waals surface area contributed by atoms with Gasteiger partial charge in [-0.1, -0.05) is 0 Å². The summed E-state index contributed by atoms with van der Waals surface area (Å²) in [5, 5.41) is 0. The van der Waals surface area contributed by atoms with E-state index in [9.17, 15) is 4.79 Å². The van der Waals surface area contributed by atoms with Crippen molar-refractivity contribution in [1.29, 1.82) is 0 Å². The second-order valence-electron chi connectivity index (χ2n) is 4.21. The first-order valence-electron chi connectivity index (χ1n) is 5.11. The minimum absolute atomic E-state index is 0.0289. The molecule has 1 fully saturated rings. The topological polar surface area (TPSA) is 55.6 Å². The van der Waals surface area contributed by atoms with Gasteiger partial charge >= 0.3 is 0 Å². The van der Waals surface area contributed by atoms with E-state index in [1.807, 2.05) is 0 Å². The van der Waals surface area contributed by atoms with Crippen molar-refractivity contribution in [2.24, 2.45) is 11.7 Å². The monoisotopic (exact) mass is 200 g/mol. The molecule has 1 rings (SSSR count). The lowest BCUT2D eigenvalue weighted by Gasteiger charge is -2.36. The van der Waals surface area contributed by atoms with Crippen molar-refractivity contribution < 1.29 is 9.53 Å². The summed E-state index contributed by atoms with van der Waals surface area (Å²) in [6.45, 7) is 2.54. The van der Waals surface area contributed by atoms with E-state index in [1.165, 1.54) is 0 Å². The van der Waals surface area contributed by atoms with Crippen molar-refractivity contribution >= 4 is 5.91 Å². The Morgan fingerprint density at radius 1 is 1.57 bits per heavy atom. The predicted octanol–water partition coefficient (Wildman–Crippen LogP) is 0.217. The third kappa shape index (κ3) is 2.69. The van der Waals surface area contributed by atoms with Crippen molar-refractivity contribution in [3.05, 3.63) is 0 Å². The van der Waals surface area contributed by atoms with Crippen molar-refractivity contribution in [3.8, 4) is 0 Å². The zero-order chi connectivity index (χ0) is 10.7. The Kier molecular flexibility index (Phi) is 3.89. The molecule has 4 nitrogen and oxygen atoms in total. The second kappa shape index (κ2) is 4.75. The van der Waals surface area contributed by atoms with Crippen LogP contribution in [0.25, 0.3) is 0 Å². The SMILES string of the molecule is CC(OC1CC(CN)C1)C(=O)N(C)C. The van der Waals surface area contributed by atoms with E-state index in [0.29, 0.717) is 5.92 Å². The number of likely N-dealkylation sites (N-methyl/N-ethyl adjacent to an activating group) is 1. The van der Waals surface area contributed by atoms with Crippen molar-refractivity contribution in [3.63, 3.8) is 0 Å². The summed E-state index contributed by atoms with van der Waals surface area (Å²) in [7, 11) is 3.48. The molecule has 0 radical (unpaired) electrons. The van der Waals surface area contributed by atoms with Gasteiger partial charge in [0, 0.05) is 14.1 Å². The molecule has 0 aromatic rings. The maximum atomic E-state index is 11.4. The summed E-state index contributed by atoms with van der Waals surface area (Å²) in [5.74, 6) is 0.628. The maximum absolute atomic E-state index is 11.4. The molecule has 1 saturated carbocycles. The molecule has 0 aromatic carbocycles. The quantitative estimate of drug-likeness (QED) is 0.706. The Labute approximate surface area is 85.4 Å². The number of nitrogens with two attached hydrogens (primary N) is 1. The highest BCUT2D eigenvalue weighted by Gasteiger charge is 2.31. The van der Waals surface area contributed by atoms with Crippen LogP contribution in [0.3, 0.4) is 0 Å². The summed E-state index contributed by atoms with van der Waals surface area (Å²) in [4.78, 5) is 13.0. The van der Waals surface area contributed by atoms with Gasteiger partial charge in [0.1, 0.15) is 6.10 Å². The first kappa shape index (κ1) is 11.5. The van der Waals surface area contributed by atoms with Gasteiger partial charge in [0.2, 0.25) is 0 Å². The Balaban J connectivity index is 2.22. The molecule has 0 aromatic heterocycles. The molecular formula is C10H20N2O2. The van der Waals surface area contributed by atoms with Crippen LogP contribution < -0.4 is 5.73 Å². The van der Waals surface area contributed by atoms with Gasteiger partial charge in [0.05, 0.1) is 6.10 Å². The smallest absolute Gasteiger partial charge is 0.250 e. The Hall–Kier alpha value is -0.610. The largest absolute Gasteiger partial charge is 0.365 e. The molecule has 14 heavy (non-hydrogen) atoms. The summed E-state index contributed by atoms with van der Waals surface area (Å²) in [6.07, 6.45) is 1.92. The lowest BCUT2D eigenvalue weighted by Crippen LogP contribution is -2.42. The van der Waals surface area contributed by atoms with Crippen LogP contribution in [0, 0.1) is 5.92 Å². The molecule has 0 bridgehead atoms. The van der Waals surface area contributed by atoms with Crippen molar-refractivity contribution in [2.45, 2.75) is 32.0 Å². The molecular weight excluding hydrogens is 180 g/mol. The van der Waals surface area contributed by atoms with Crippen LogP contribution >= 0.6 is 0 Å². The van der Waals surface area contributed by atoms with Crippen molar-refractivity contribution in [1.82, 2.24) is 4.90 Å². The highest BCUT2D eigenvalue weighted by molar-refractivity contribution is 5.79. The zero-order valence-electron chi connectivity index (χ0n) is 9.19. The molecule has 4 heteroatoms. The Morgan fingerprint density at radius 3 is 2.57 bits per heavy atom. The molecule has 0 spiro atoms. The number of rotatable bonds is 4. The number of nitrogens with zero attached hydrogens (tertiary/aromatic N) is 1. The summed E-state index contributed by atoms with van der Waals surface area (Å²) in [6, 6.07) is 0. The van der Waals surface area contributed by atoms with Crippen LogP contribution in [0.5, 0.6) is 0 Å². The number of hydrogen-bond acceptors (Lipinski definition) is 3. The van der Waals surface area contributed by atoms with Gasteiger partial charge in [-0.25, -0.2) is 0 Å². The van der Waals surface area contributed by atoms with Gasteiger partial charge in [-0.15, -0.1) is 0 Å². The molecule has 82 valence electrons. The first-order valence-corrected chi connectivity index (χ1v) is 5.11. The minimum Gasteiger partial charge on any atom is -0.365 e. The fourth-order valence-electron chi connectivity index (χ4n) is 1.69. The molecule has 0 heterocycles. The predicted molar refractivity (Wildman–Crippen MR) is 54.8 cm³/mol. The number of carbonyl (C=O) groups excluding carboxylic acids is 1. The van der Waals surface area contributed by atoms with Gasteiger partial charge in [-0.2, -0.15) is 0 Å². The standard InChI is InChI=1S/C10H20N2O2/c1-7(10(13)12(2)3)14-9-4-8(5-9)6-11/h7-9H,4-6,11H2,1-3H3. The van der Waals surface area contributed by atoms with Crippen LogP contribution in [-0.4, -0.2) is 43.7 Å².